The number of thiophene rings is 1. The molecule has 0 bridgehead atoms. The van der Waals surface area contributed by atoms with E-state index in [4.69, 9.17) is 9.97 Å². The Hall–Kier alpha value is -1.04. The lowest BCUT2D eigenvalue weighted by atomic mass is 9.88. The topological polar surface area (TPSA) is 58.0 Å². The van der Waals surface area contributed by atoms with Gasteiger partial charge in [-0.3, -0.25) is 0 Å². The monoisotopic (exact) mass is 375 g/mol. The summed E-state index contributed by atoms with van der Waals surface area (Å²) in [7, 11) is 0. The summed E-state index contributed by atoms with van der Waals surface area (Å²) in [4.78, 5) is 12.0. The summed E-state index contributed by atoms with van der Waals surface area (Å²) in [5.74, 6) is 1.19. The molecule has 0 aliphatic carbocycles. The highest BCUT2D eigenvalue weighted by atomic mass is 32.1. The number of nitrogens with one attached hydrogen (secondary N) is 1. The van der Waals surface area contributed by atoms with Crippen LogP contribution in [0.5, 0.6) is 0 Å². The molecule has 2 aromatic rings. The number of aliphatic hydroxyl groups is 1. The molecule has 26 heavy (non-hydrogen) atoms. The van der Waals surface area contributed by atoms with Gasteiger partial charge in [-0.05, 0) is 42.6 Å². The van der Waals surface area contributed by atoms with Crippen LogP contribution in [0.25, 0.3) is 10.3 Å². The summed E-state index contributed by atoms with van der Waals surface area (Å²) >= 11 is 1.74. The first-order chi connectivity index (χ1) is 12.3. The molecule has 0 aromatic carbocycles. The van der Waals surface area contributed by atoms with Crippen molar-refractivity contribution in [1.82, 2.24) is 15.3 Å². The molecule has 1 saturated heterocycles. The number of nitrogens with zero attached hydrogens (tertiary/aromatic N) is 2. The van der Waals surface area contributed by atoms with Gasteiger partial charge in [0.05, 0.1) is 24.5 Å². The Bertz CT molecular complexity index is 734. The third kappa shape index (κ3) is 4.44. The van der Waals surface area contributed by atoms with Gasteiger partial charge in [-0.15, -0.1) is 11.3 Å². The summed E-state index contributed by atoms with van der Waals surface area (Å²) in [5.41, 5.74) is 2.14. The van der Waals surface area contributed by atoms with Crippen LogP contribution in [-0.4, -0.2) is 27.7 Å². The third-order valence-corrected chi connectivity index (χ3v) is 6.83. The molecule has 3 heterocycles. The molecule has 144 valence electrons. The van der Waals surface area contributed by atoms with Crippen molar-refractivity contribution in [1.29, 1.82) is 0 Å². The first kappa shape index (κ1) is 19.7. The van der Waals surface area contributed by atoms with Crippen molar-refractivity contribution in [2.45, 2.75) is 77.8 Å². The van der Waals surface area contributed by atoms with Crippen molar-refractivity contribution in [3.05, 3.63) is 22.8 Å². The zero-order valence-corrected chi connectivity index (χ0v) is 17.6. The van der Waals surface area contributed by atoms with E-state index in [1.54, 1.807) is 11.3 Å². The minimum absolute atomic E-state index is 0.125. The number of aliphatic hydroxyl groups excluding tert-OH is 1. The third-order valence-electron chi connectivity index (χ3n) is 5.38. The predicted molar refractivity (Wildman–Crippen MR) is 110 cm³/mol. The molecule has 2 N–H and O–H groups in total. The minimum Gasteiger partial charge on any atom is -0.395 e. The molecule has 0 amide bonds. The van der Waals surface area contributed by atoms with E-state index in [1.807, 2.05) is 6.20 Å². The van der Waals surface area contributed by atoms with E-state index in [-0.39, 0.29) is 24.1 Å². The molecule has 1 fully saturated rings. The second kappa shape index (κ2) is 7.91. The Labute approximate surface area is 161 Å². The Balaban J connectivity index is 1.83. The van der Waals surface area contributed by atoms with E-state index in [1.165, 1.54) is 17.7 Å². The molecule has 2 aromatic heterocycles. The lowest BCUT2D eigenvalue weighted by Gasteiger charge is -2.27. The summed E-state index contributed by atoms with van der Waals surface area (Å²) in [5, 5.41) is 13.6. The van der Waals surface area contributed by atoms with E-state index in [2.05, 4.69) is 46.0 Å². The number of hydrogen-bond donors (Lipinski definition) is 2. The van der Waals surface area contributed by atoms with Crippen molar-refractivity contribution < 1.29 is 5.11 Å². The summed E-state index contributed by atoms with van der Waals surface area (Å²) in [6.45, 7) is 11.4. The molecule has 1 aliphatic rings. The molecule has 0 saturated carbocycles. The van der Waals surface area contributed by atoms with Crippen LogP contribution >= 0.6 is 11.3 Å². The van der Waals surface area contributed by atoms with Gasteiger partial charge in [-0.1, -0.05) is 41.0 Å². The van der Waals surface area contributed by atoms with E-state index in [0.717, 1.165) is 28.9 Å². The van der Waals surface area contributed by atoms with Crippen LogP contribution in [0.15, 0.2) is 12.3 Å². The smallest absolute Gasteiger partial charge is 0.142 e. The van der Waals surface area contributed by atoms with Crippen LogP contribution in [-0.2, 0) is 5.41 Å². The highest BCUT2D eigenvalue weighted by molar-refractivity contribution is 7.18. The molecular formula is C21H33N3OS. The maximum absolute atomic E-state index is 9.93. The second-order valence-electron chi connectivity index (χ2n) is 9.17. The lowest BCUT2D eigenvalue weighted by Crippen LogP contribution is -2.40. The van der Waals surface area contributed by atoms with E-state index < -0.39 is 0 Å². The fraction of sp³-hybridized carbons (Fsp3) is 0.714. The van der Waals surface area contributed by atoms with Gasteiger partial charge in [0.15, 0.2) is 0 Å². The Morgan fingerprint density at radius 1 is 1.31 bits per heavy atom. The molecule has 0 radical (unpaired) electrons. The van der Waals surface area contributed by atoms with Gasteiger partial charge < -0.3 is 10.4 Å². The SMILES string of the molecule is CC(C)C[C@@H]1CCC[C@@H](c2cnc3sc(C(C)(C)C)cc3n2)N[C@H]1CO. The first-order valence-electron chi connectivity index (χ1n) is 9.91. The molecule has 3 atom stereocenters. The molecule has 1 aliphatic heterocycles. The van der Waals surface area contributed by atoms with Gasteiger partial charge >= 0.3 is 0 Å². The Morgan fingerprint density at radius 2 is 2.08 bits per heavy atom. The molecule has 4 nitrogen and oxygen atoms in total. The van der Waals surface area contributed by atoms with Crippen LogP contribution in [0.2, 0.25) is 0 Å². The lowest BCUT2D eigenvalue weighted by molar-refractivity contribution is 0.178. The van der Waals surface area contributed by atoms with Crippen molar-refractivity contribution >= 4 is 21.7 Å². The minimum atomic E-state index is 0.125. The van der Waals surface area contributed by atoms with Crippen LogP contribution in [0, 0.1) is 11.8 Å². The van der Waals surface area contributed by atoms with Crippen molar-refractivity contribution in [2.24, 2.45) is 11.8 Å². The quantitative estimate of drug-likeness (QED) is 0.804. The summed E-state index contributed by atoms with van der Waals surface area (Å²) in [6.07, 6.45) is 6.49. The van der Waals surface area contributed by atoms with Crippen LogP contribution in [0.3, 0.4) is 0 Å². The van der Waals surface area contributed by atoms with Gasteiger partial charge in [-0.25, -0.2) is 9.97 Å². The van der Waals surface area contributed by atoms with Crippen LogP contribution < -0.4 is 5.32 Å². The molecule has 0 unspecified atom stereocenters. The molecule has 3 rings (SSSR count). The predicted octanol–water partition coefficient (Wildman–Crippen LogP) is 4.83. The highest BCUT2D eigenvalue weighted by Gasteiger charge is 2.29. The average molecular weight is 376 g/mol. The van der Waals surface area contributed by atoms with Gasteiger partial charge in [0, 0.05) is 10.9 Å². The Kier molecular flexibility index (Phi) is 6.00. The Morgan fingerprint density at radius 3 is 2.73 bits per heavy atom. The number of fused-ring (bicyclic) bond motifs is 1. The summed E-state index contributed by atoms with van der Waals surface area (Å²) in [6, 6.07) is 2.52. The van der Waals surface area contributed by atoms with Gasteiger partial charge in [0.2, 0.25) is 0 Å². The van der Waals surface area contributed by atoms with Gasteiger partial charge in [0.25, 0.3) is 0 Å². The second-order valence-corrected chi connectivity index (χ2v) is 10.2. The number of hydrogen-bond acceptors (Lipinski definition) is 5. The van der Waals surface area contributed by atoms with E-state index in [9.17, 15) is 5.11 Å². The number of rotatable bonds is 4. The van der Waals surface area contributed by atoms with Gasteiger partial charge in [0.1, 0.15) is 10.3 Å². The van der Waals surface area contributed by atoms with Crippen LogP contribution in [0.1, 0.15) is 76.9 Å². The van der Waals surface area contributed by atoms with E-state index >= 15 is 0 Å². The van der Waals surface area contributed by atoms with E-state index in [0.29, 0.717) is 11.8 Å². The van der Waals surface area contributed by atoms with Crippen LogP contribution in [0.4, 0.5) is 0 Å². The van der Waals surface area contributed by atoms with Crippen molar-refractivity contribution in [3.8, 4) is 0 Å². The number of aromatic nitrogens is 2. The molecule has 5 heteroatoms. The summed E-state index contributed by atoms with van der Waals surface area (Å²) < 4.78 is 0. The molecule has 0 spiro atoms. The first-order valence-corrected chi connectivity index (χ1v) is 10.7. The highest BCUT2D eigenvalue weighted by Crippen LogP contribution is 2.34. The fourth-order valence-corrected chi connectivity index (χ4v) is 4.96. The maximum atomic E-state index is 9.93. The maximum Gasteiger partial charge on any atom is 0.142 e. The fourth-order valence-electron chi connectivity index (χ4n) is 3.96. The standard InChI is InChI=1S/C21H33N3OS/c1-13(2)9-14-7-6-8-15(23-18(14)12-25)17-11-22-20-16(24-17)10-19(26-20)21(3,4)5/h10-11,13-15,18,23,25H,6-9,12H2,1-5H3/t14-,15-,18-/m0/s1. The largest absolute Gasteiger partial charge is 0.395 e. The normalized spacial score (nSPS) is 25.0. The molecular weight excluding hydrogens is 342 g/mol. The average Bonchev–Trinajstić information content (AvgIpc) is 2.90. The zero-order valence-electron chi connectivity index (χ0n) is 16.7. The van der Waals surface area contributed by atoms with Gasteiger partial charge in [-0.2, -0.15) is 0 Å². The van der Waals surface area contributed by atoms with Crippen molar-refractivity contribution in [3.63, 3.8) is 0 Å². The van der Waals surface area contributed by atoms with Crippen molar-refractivity contribution in [2.75, 3.05) is 6.61 Å². The zero-order chi connectivity index (χ0) is 18.9.